The highest BCUT2D eigenvalue weighted by atomic mass is 16.5. The Kier molecular flexibility index (Phi) is 4.06. The summed E-state index contributed by atoms with van der Waals surface area (Å²) < 4.78 is 6.27. The third kappa shape index (κ3) is 3.22. The maximum Gasteiger partial charge on any atom is 0.123 e. The molecule has 1 aliphatic rings. The van der Waals surface area contributed by atoms with Crippen LogP contribution < -0.4 is 10.5 Å². The number of hydrogen-bond acceptors (Lipinski definition) is 2. The molecule has 1 saturated carbocycles. The summed E-state index contributed by atoms with van der Waals surface area (Å²) in [5, 5.41) is 0. The van der Waals surface area contributed by atoms with Gasteiger partial charge in [0.05, 0.1) is 0 Å². The average Bonchev–Trinajstić information content (AvgIpc) is 2.32. The number of nitrogens with two attached hydrogens (primary N) is 1. The standard InChI is InChI=1S/C15H23NO/c1-15(10-5-2-6-11-15)17-14-8-4-3-7-13(14)9-12-16/h3-4,7-8H,2,5-6,9-12,16H2,1H3. The van der Waals surface area contributed by atoms with Crippen LogP contribution >= 0.6 is 0 Å². The second-order valence-corrected chi connectivity index (χ2v) is 5.26. The molecule has 0 atom stereocenters. The normalized spacial score (nSPS) is 18.9. The molecule has 1 aromatic carbocycles. The van der Waals surface area contributed by atoms with Gasteiger partial charge in [-0.2, -0.15) is 0 Å². The van der Waals surface area contributed by atoms with Gasteiger partial charge in [-0.05, 0) is 57.2 Å². The minimum Gasteiger partial charge on any atom is -0.487 e. The lowest BCUT2D eigenvalue weighted by atomic mass is 9.86. The minimum absolute atomic E-state index is 0.0307. The molecule has 17 heavy (non-hydrogen) atoms. The van der Waals surface area contributed by atoms with Crippen LogP contribution in [0.5, 0.6) is 5.75 Å². The van der Waals surface area contributed by atoms with Crippen LogP contribution in [0.3, 0.4) is 0 Å². The van der Waals surface area contributed by atoms with Crippen molar-refractivity contribution in [3.8, 4) is 5.75 Å². The molecule has 0 saturated heterocycles. The summed E-state index contributed by atoms with van der Waals surface area (Å²) in [6, 6.07) is 8.29. The van der Waals surface area contributed by atoms with E-state index in [-0.39, 0.29) is 5.60 Å². The number of hydrogen-bond donors (Lipinski definition) is 1. The van der Waals surface area contributed by atoms with Crippen molar-refractivity contribution in [2.45, 2.75) is 51.0 Å². The molecule has 0 spiro atoms. The van der Waals surface area contributed by atoms with Crippen molar-refractivity contribution in [1.29, 1.82) is 0 Å². The fourth-order valence-electron chi connectivity index (χ4n) is 2.63. The molecule has 0 aromatic heterocycles. The van der Waals surface area contributed by atoms with E-state index >= 15 is 0 Å². The molecule has 2 nitrogen and oxygen atoms in total. The van der Waals surface area contributed by atoms with E-state index in [2.05, 4.69) is 25.1 Å². The Bertz CT molecular complexity index is 356. The lowest BCUT2D eigenvalue weighted by Gasteiger charge is -2.35. The van der Waals surface area contributed by atoms with Crippen LogP contribution in [0.4, 0.5) is 0 Å². The Morgan fingerprint density at radius 1 is 1.18 bits per heavy atom. The van der Waals surface area contributed by atoms with Crippen LogP contribution in [-0.4, -0.2) is 12.1 Å². The quantitative estimate of drug-likeness (QED) is 0.866. The molecule has 1 aliphatic carbocycles. The zero-order chi connectivity index (χ0) is 12.1. The van der Waals surface area contributed by atoms with Crippen LogP contribution in [-0.2, 0) is 6.42 Å². The maximum absolute atomic E-state index is 6.27. The molecule has 0 radical (unpaired) electrons. The SMILES string of the molecule is CC1(Oc2ccccc2CCN)CCCCC1. The van der Waals surface area contributed by atoms with Crippen molar-refractivity contribution in [2.75, 3.05) is 6.54 Å². The monoisotopic (exact) mass is 233 g/mol. The molecule has 2 heteroatoms. The van der Waals surface area contributed by atoms with Crippen LogP contribution in [0.25, 0.3) is 0 Å². The van der Waals surface area contributed by atoms with E-state index < -0.39 is 0 Å². The van der Waals surface area contributed by atoms with Crippen LogP contribution in [0.15, 0.2) is 24.3 Å². The van der Waals surface area contributed by atoms with E-state index in [1.807, 2.05) is 6.07 Å². The zero-order valence-electron chi connectivity index (χ0n) is 10.7. The van der Waals surface area contributed by atoms with Gasteiger partial charge in [0.15, 0.2) is 0 Å². The molecule has 1 aromatic rings. The first-order valence-corrected chi connectivity index (χ1v) is 6.70. The third-order valence-electron chi connectivity index (χ3n) is 3.65. The molecule has 1 fully saturated rings. The minimum atomic E-state index is 0.0307. The Hall–Kier alpha value is -1.02. The van der Waals surface area contributed by atoms with E-state index in [0.717, 1.165) is 12.2 Å². The van der Waals surface area contributed by atoms with Gasteiger partial charge in [0.2, 0.25) is 0 Å². The molecule has 0 aliphatic heterocycles. The Morgan fingerprint density at radius 3 is 2.59 bits per heavy atom. The molecule has 0 bridgehead atoms. The van der Waals surface area contributed by atoms with Gasteiger partial charge in [0.1, 0.15) is 11.4 Å². The highest BCUT2D eigenvalue weighted by molar-refractivity contribution is 5.34. The molecule has 0 amide bonds. The summed E-state index contributed by atoms with van der Waals surface area (Å²) >= 11 is 0. The van der Waals surface area contributed by atoms with Crippen LogP contribution in [0, 0.1) is 0 Å². The van der Waals surface area contributed by atoms with E-state index in [1.54, 1.807) is 0 Å². The van der Waals surface area contributed by atoms with Gasteiger partial charge in [-0.15, -0.1) is 0 Å². The molecular formula is C15H23NO. The van der Waals surface area contributed by atoms with Gasteiger partial charge in [-0.3, -0.25) is 0 Å². The predicted molar refractivity (Wildman–Crippen MR) is 71.3 cm³/mol. The average molecular weight is 233 g/mol. The van der Waals surface area contributed by atoms with Gasteiger partial charge < -0.3 is 10.5 Å². The first kappa shape index (κ1) is 12.4. The number of rotatable bonds is 4. The lowest BCUT2D eigenvalue weighted by Crippen LogP contribution is -2.34. The molecule has 0 heterocycles. The summed E-state index contributed by atoms with van der Waals surface area (Å²) in [5.41, 5.74) is 6.91. The largest absolute Gasteiger partial charge is 0.487 e. The smallest absolute Gasteiger partial charge is 0.123 e. The Morgan fingerprint density at radius 2 is 1.88 bits per heavy atom. The second kappa shape index (κ2) is 5.54. The fraction of sp³-hybridized carbons (Fsp3) is 0.600. The molecule has 2 rings (SSSR count). The second-order valence-electron chi connectivity index (χ2n) is 5.26. The molecule has 0 unspecified atom stereocenters. The van der Waals surface area contributed by atoms with Gasteiger partial charge in [0, 0.05) is 0 Å². The molecular weight excluding hydrogens is 210 g/mol. The van der Waals surface area contributed by atoms with E-state index in [9.17, 15) is 0 Å². The van der Waals surface area contributed by atoms with Crippen molar-refractivity contribution in [1.82, 2.24) is 0 Å². The number of ether oxygens (including phenoxy) is 1. The zero-order valence-corrected chi connectivity index (χ0v) is 10.7. The van der Waals surface area contributed by atoms with Crippen LogP contribution in [0.2, 0.25) is 0 Å². The van der Waals surface area contributed by atoms with E-state index in [0.29, 0.717) is 6.54 Å². The van der Waals surface area contributed by atoms with E-state index in [1.165, 1.54) is 37.7 Å². The van der Waals surface area contributed by atoms with Gasteiger partial charge in [-0.1, -0.05) is 24.6 Å². The summed E-state index contributed by atoms with van der Waals surface area (Å²) in [4.78, 5) is 0. The highest BCUT2D eigenvalue weighted by Gasteiger charge is 2.29. The predicted octanol–water partition coefficient (Wildman–Crippen LogP) is 3.29. The van der Waals surface area contributed by atoms with Gasteiger partial charge in [-0.25, -0.2) is 0 Å². The van der Waals surface area contributed by atoms with Crippen LogP contribution in [0.1, 0.15) is 44.6 Å². The topological polar surface area (TPSA) is 35.2 Å². The number of para-hydroxylation sites is 1. The molecule has 94 valence electrons. The number of benzene rings is 1. The van der Waals surface area contributed by atoms with Crippen molar-refractivity contribution < 1.29 is 4.74 Å². The van der Waals surface area contributed by atoms with Gasteiger partial charge in [0.25, 0.3) is 0 Å². The fourth-order valence-corrected chi connectivity index (χ4v) is 2.63. The van der Waals surface area contributed by atoms with Crippen molar-refractivity contribution in [2.24, 2.45) is 5.73 Å². The Balaban J connectivity index is 2.11. The van der Waals surface area contributed by atoms with Crippen molar-refractivity contribution in [3.63, 3.8) is 0 Å². The lowest BCUT2D eigenvalue weighted by molar-refractivity contribution is 0.0478. The Labute approximate surface area is 104 Å². The first-order valence-electron chi connectivity index (χ1n) is 6.70. The molecule has 2 N–H and O–H groups in total. The summed E-state index contributed by atoms with van der Waals surface area (Å²) in [6.07, 6.45) is 7.16. The van der Waals surface area contributed by atoms with E-state index in [4.69, 9.17) is 10.5 Å². The van der Waals surface area contributed by atoms with Crippen molar-refractivity contribution in [3.05, 3.63) is 29.8 Å². The summed E-state index contributed by atoms with van der Waals surface area (Å²) in [7, 11) is 0. The summed E-state index contributed by atoms with van der Waals surface area (Å²) in [6.45, 7) is 2.92. The maximum atomic E-state index is 6.27. The van der Waals surface area contributed by atoms with Crippen molar-refractivity contribution >= 4 is 0 Å². The third-order valence-corrected chi connectivity index (χ3v) is 3.65. The summed E-state index contributed by atoms with van der Waals surface area (Å²) in [5.74, 6) is 1.03. The highest BCUT2D eigenvalue weighted by Crippen LogP contribution is 2.33. The first-order chi connectivity index (χ1) is 8.23. The van der Waals surface area contributed by atoms with Gasteiger partial charge >= 0.3 is 0 Å².